The van der Waals surface area contributed by atoms with Crippen LogP contribution >= 0.6 is 0 Å². The maximum atomic E-state index is 12.3. The van der Waals surface area contributed by atoms with E-state index in [0.717, 1.165) is 41.3 Å². The number of aryl methyl sites for hydroxylation is 1. The highest BCUT2D eigenvalue weighted by atomic mass is 16.5. The second-order valence-corrected chi connectivity index (χ2v) is 6.24. The molecule has 3 aromatic rings. The summed E-state index contributed by atoms with van der Waals surface area (Å²) in [6, 6.07) is 19.2. The predicted octanol–water partition coefficient (Wildman–Crippen LogP) is 4.31. The van der Waals surface area contributed by atoms with Crippen LogP contribution < -0.4 is 15.4 Å². The van der Waals surface area contributed by atoms with Crippen molar-refractivity contribution >= 4 is 17.4 Å². The van der Waals surface area contributed by atoms with Gasteiger partial charge in [0.2, 0.25) is 0 Å². The van der Waals surface area contributed by atoms with Crippen molar-refractivity contribution in [2.24, 2.45) is 0 Å². The van der Waals surface area contributed by atoms with E-state index in [1.165, 1.54) is 0 Å². The lowest BCUT2D eigenvalue weighted by Gasteiger charge is -2.10. The molecule has 1 heterocycles. The van der Waals surface area contributed by atoms with Crippen LogP contribution in [0.1, 0.15) is 21.5 Å². The zero-order valence-corrected chi connectivity index (χ0v) is 15.5. The van der Waals surface area contributed by atoms with Gasteiger partial charge in [0.15, 0.2) is 0 Å². The van der Waals surface area contributed by atoms with Crippen LogP contribution in [0.3, 0.4) is 0 Å². The molecule has 0 unspecified atom stereocenters. The maximum absolute atomic E-state index is 12.3. The van der Waals surface area contributed by atoms with Crippen molar-refractivity contribution in [3.05, 3.63) is 83.6 Å². The zero-order valence-electron chi connectivity index (χ0n) is 15.5. The minimum Gasteiger partial charge on any atom is -0.496 e. The lowest BCUT2D eigenvalue weighted by atomic mass is 10.1. The Bertz CT molecular complexity index is 907. The molecule has 0 saturated heterocycles. The Morgan fingerprint density at radius 3 is 2.67 bits per heavy atom. The van der Waals surface area contributed by atoms with Gasteiger partial charge in [-0.2, -0.15) is 0 Å². The van der Waals surface area contributed by atoms with E-state index in [2.05, 4.69) is 15.6 Å². The van der Waals surface area contributed by atoms with Crippen molar-refractivity contribution in [2.45, 2.75) is 13.3 Å². The number of aromatic nitrogens is 1. The number of nitrogens with one attached hydrogen (secondary N) is 2. The molecule has 0 aliphatic carbocycles. The minimum absolute atomic E-state index is 0.173. The lowest BCUT2D eigenvalue weighted by Crippen LogP contribution is -2.13. The van der Waals surface area contributed by atoms with Gasteiger partial charge < -0.3 is 15.4 Å². The van der Waals surface area contributed by atoms with Crippen LogP contribution in [-0.2, 0) is 6.42 Å². The summed E-state index contributed by atoms with van der Waals surface area (Å²) in [6.07, 6.45) is 2.40. The quantitative estimate of drug-likeness (QED) is 0.658. The second kappa shape index (κ2) is 8.85. The molecule has 0 bridgehead atoms. The lowest BCUT2D eigenvalue weighted by molar-refractivity contribution is 0.102. The number of amides is 1. The third kappa shape index (κ3) is 5.07. The van der Waals surface area contributed by atoms with Crippen LogP contribution in [-0.4, -0.2) is 24.5 Å². The number of nitrogens with zero attached hydrogens (tertiary/aromatic N) is 1. The Hall–Kier alpha value is -3.34. The Balaban J connectivity index is 1.54. The van der Waals surface area contributed by atoms with Gasteiger partial charge in [-0.3, -0.25) is 4.79 Å². The smallest absolute Gasteiger partial charge is 0.257 e. The van der Waals surface area contributed by atoms with Crippen LogP contribution in [0.4, 0.5) is 11.5 Å². The Kier molecular flexibility index (Phi) is 6.05. The van der Waals surface area contributed by atoms with Crippen LogP contribution in [0.2, 0.25) is 0 Å². The maximum Gasteiger partial charge on any atom is 0.257 e. The van der Waals surface area contributed by atoms with Gasteiger partial charge in [-0.25, -0.2) is 4.98 Å². The fourth-order valence-electron chi connectivity index (χ4n) is 2.79. The molecule has 0 aliphatic heterocycles. The van der Waals surface area contributed by atoms with Gasteiger partial charge in [-0.05, 0) is 54.8 Å². The number of rotatable bonds is 7. The number of carbonyl (C=O) groups excluding carboxylic acids is 1. The molecule has 2 aromatic carbocycles. The molecule has 0 aliphatic rings. The number of hydrogen-bond donors (Lipinski definition) is 2. The highest BCUT2D eigenvalue weighted by Gasteiger charge is 2.07. The first kappa shape index (κ1) is 18.5. The van der Waals surface area contributed by atoms with E-state index in [4.69, 9.17) is 4.74 Å². The fourth-order valence-corrected chi connectivity index (χ4v) is 2.79. The number of hydrogen-bond acceptors (Lipinski definition) is 4. The average Bonchev–Trinajstić information content (AvgIpc) is 2.69. The van der Waals surface area contributed by atoms with Gasteiger partial charge in [0.25, 0.3) is 5.91 Å². The van der Waals surface area contributed by atoms with Gasteiger partial charge in [-0.1, -0.05) is 30.3 Å². The molecule has 5 nitrogen and oxygen atoms in total. The summed E-state index contributed by atoms with van der Waals surface area (Å²) >= 11 is 0. The first-order chi connectivity index (χ1) is 13.2. The third-order valence-electron chi connectivity index (χ3n) is 4.19. The van der Waals surface area contributed by atoms with E-state index in [9.17, 15) is 4.79 Å². The number of carbonyl (C=O) groups is 1. The summed E-state index contributed by atoms with van der Waals surface area (Å²) in [5.74, 6) is 1.45. The molecule has 1 amide bonds. The van der Waals surface area contributed by atoms with E-state index in [1.54, 1.807) is 19.4 Å². The number of ether oxygens (including phenoxy) is 1. The first-order valence-electron chi connectivity index (χ1n) is 8.85. The molecule has 0 fully saturated rings. The highest BCUT2D eigenvalue weighted by Crippen LogP contribution is 2.18. The monoisotopic (exact) mass is 361 g/mol. The van der Waals surface area contributed by atoms with Crippen LogP contribution in [0.15, 0.2) is 66.9 Å². The van der Waals surface area contributed by atoms with Crippen molar-refractivity contribution in [3.63, 3.8) is 0 Å². The van der Waals surface area contributed by atoms with E-state index in [1.807, 2.05) is 61.5 Å². The Morgan fingerprint density at radius 1 is 1.07 bits per heavy atom. The predicted molar refractivity (Wildman–Crippen MR) is 109 cm³/mol. The van der Waals surface area contributed by atoms with E-state index in [-0.39, 0.29) is 5.91 Å². The SMILES string of the molecule is COc1ccccc1CCNc1ccc(C(=O)Nc2cccc(C)c2)cn1. The number of methoxy groups -OCH3 is 1. The van der Waals surface area contributed by atoms with E-state index in [0.29, 0.717) is 5.56 Å². The molecule has 0 saturated carbocycles. The van der Waals surface area contributed by atoms with Crippen LogP contribution in [0.25, 0.3) is 0 Å². The molecule has 27 heavy (non-hydrogen) atoms. The highest BCUT2D eigenvalue weighted by molar-refractivity contribution is 6.04. The van der Waals surface area contributed by atoms with Crippen LogP contribution in [0, 0.1) is 6.92 Å². The third-order valence-corrected chi connectivity index (χ3v) is 4.19. The largest absolute Gasteiger partial charge is 0.496 e. The van der Waals surface area contributed by atoms with Crippen molar-refractivity contribution in [2.75, 3.05) is 24.3 Å². The summed E-state index contributed by atoms with van der Waals surface area (Å²) in [5.41, 5.74) is 3.54. The first-order valence-corrected chi connectivity index (χ1v) is 8.85. The molecule has 138 valence electrons. The Morgan fingerprint density at radius 2 is 1.93 bits per heavy atom. The molecule has 0 spiro atoms. The molecular formula is C22H23N3O2. The van der Waals surface area contributed by atoms with Gasteiger partial charge in [0.05, 0.1) is 12.7 Å². The standard InChI is InChI=1S/C22H23N3O2/c1-16-6-5-8-19(14-16)25-22(26)18-10-11-21(24-15-18)23-13-12-17-7-3-4-9-20(17)27-2/h3-11,14-15H,12-13H2,1-2H3,(H,23,24)(H,25,26). The van der Waals surface area contributed by atoms with Crippen molar-refractivity contribution in [3.8, 4) is 5.75 Å². The summed E-state index contributed by atoms with van der Waals surface area (Å²) in [6.45, 7) is 2.71. The molecule has 0 radical (unpaired) electrons. The Labute approximate surface area is 159 Å². The number of pyridine rings is 1. The molecule has 3 rings (SSSR count). The molecule has 1 aromatic heterocycles. The number of anilines is 2. The van der Waals surface area contributed by atoms with Crippen molar-refractivity contribution < 1.29 is 9.53 Å². The summed E-state index contributed by atoms with van der Waals surface area (Å²) in [4.78, 5) is 16.7. The number of para-hydroxylation sites is 1. The van der Waals surface area contributed by atoms with E-state index < -0.39 is 0 Å². The van der Waals surface area contributed by atoms with Crippen molar-refractivity contribution in [1.82, 2.24) is 4.98 Å². The summed E-state index contributed by atoms with van der Waals surface area (Å²) in [5, 5.41) is 6.15. The summed E-state index contributed by atoms with van der Waals surface area (Å²) < 4.78 is 5.36. The number of benzene rings is 2. The average molecular weight is 361 g/mol. The molecule has 0 atom stereocenters. The van der Waals surface area contributed by atoms with Crippen molar-refractivity contribution in [1.29, 1.82) is 0 Å². The fraction of sp³-hybridized carbons (Fsp3) is 0.182. The molecule has 2 N–H and O–H groups in total. The van der Waals surface area contributed by atoms with Gasteiger partial charge in [0.1, 0.15) is 11.6 Å². The van der Waals surface area contributed by atoms with E-state index >= 15 is 0 Å². The van der Waals surface area contributed by atoms with Crippen LogP contribution in [0.5, 0.6) is 5.75 Å². The molecular weight excluding hydrogens is 338 g/mol. The molecule has 5 heteroatoms. The topological polar surface area (TPSA) is 63.2 Å². The van der Waals surface area contributed by atoms with Gasteiger partial charge in [-0.15, -0.1) is 0 Å². The minimum atomic E-state index is -0.173. The zero-order chi connectivity index (χ0) is 19.1. The second-order valence-electron chi connectivity index (χ2n) is 6.24. The normalized spacial score (nSPS) is 10.3. The van der Waals surface area contributed by atoms with Gasteiger partial charge in [0, 0.05) is 18.4 Å². The van der Waals surface area contributed by atoms with Gasteiger partial charge >= 0.3 is 0 Å². The summed E-state index contributed by atoms with van der Waals surface area (Å²) in [7, 11) is 1.67.